The van der Waals surface area contributed by atoms with Crippen molar-refractivity contribution in [1.29, 1.82) is 0 Å². The average molecular weight is 432 g/mol. The molecule has 0 N–H and O–H groups in total. The fraction of sp³-hybridized carbons (Fsp3) is 0.300. The number of benzene rings is 2. The maximum atomic E-state index is 12.7. The number of nitro groups is 1. The van der Waals surface area contributed by atoms with Crippen LogP contribution in [0.1, 0.15) is 28.4 Å². The summed E-state index contributed by atoms with van der Waals surface area (Å²) in [5, 5.41) is 11.2. The van der Waals surface area contributed by atoms with Gasteiger partial charge < -0.3 is 9.64 Å². The van der Waals surface area contributed by atoms with Crippen molar-refractivity contribution in [1.82, 2.24) is 4.90 Å². The number of sulfone groups is 1. The van der Waals surface area contributed by atoms with Crippen molar-refractivity contribution >= 4 is 27.4 Å². The van der Waals surface area contributed by atoms with Crippen LogP contribution in [0.25, 0.3) is 0 Å². The summed E-state index contributed by atoms with van der Waals surface area (Å²) in [6, 6.07) is 10.7. The summed E-state index contributed by atoms with van der Waals surface area (Å²) in [5.41, 5.74) is 1.27. The second-order valence-corrected chi connectivity index (χ2v) is 9.02. The van der Waals surface area contributed by atoms with Gasteiger partial charge in [0.25, 0.3) is 11.6 Å². The van der Waals surface area contributed by atoms with Gasteiger partial charge in [0, 0.05) is 25.4 Å². The van der Waals surface area contributed by atoms with Crippen molar-refractivity contribution < 1.29 is 27.7 Å². The first-order valence-electron chi connectivity index (χ1n) is 9.13. The van der Waals surface area contributed by atoms with Gasteiger partial charge in [-0.05, 0) is 36.6 Å². The summed E-state index contributed by atoms with van der Waals surface area (Å²) in [7, 11) is -3.85. The predicted molar refractivity (Wildman–Crippen MR) is 107 cm³/mol. The third-order valence-electron chi connectivity index (χ3n) is 4.86. The first-order chi connectivity index (χ1) is 14.1. The van der Waals surface area contributed by atoms with Crippen molar-refractivity contribution in [2.75, 3.05) is 12.8 Å². The van der Waals surface area contributed by atoms with Gasteiger partial charge in [0.15, 0.2) is 15.9 Å². The van der Waals surface area contributed by atoms with E-state index in [1.165, 1.54) is 12.5 Å². The molecule has 1 aliphatic rings. The molecule has 3 rings (SSSR count). The number of fused-ring (bicyclic) bond motifs is 1. The number of nitrogens with zero attached hydrogens (tertiary/aromatic N) is 2. The van der Waals surface area contributed by atoms with E-state index in [-0.39, 0.29) is 11.5 Å². The first-order valence-corrected chi connectivity index (χ1v) is 11.0. The van der Waals surface area contributed by atoms with E-state index in [1.54, 1.807) is 4.90 Å². The summed E-state index contributed by atoms with van der Waals surface area (Å²) in [5.74, 6) is -1.32. The monoisotopic (exact) mass is 432 g/mol. The van der Waals surface area contributed by atoms with Crippen molar-refractivity contribution in [3.05, 3.63) is 69.3 Å². The molecule has 9 nitrogen and oxygen atoms in total. The third kappa shape index (κ3) is 4.48. The number of rotatable bonds is 5. The maximum Gasteiger partial charge on any atom is 0.339 e. The van der Waals surface area contributed by atoms with Crippen LogP contribution < -0.4 is 0 Å². The van der Waals surface area contributed by atoms with Crippen molar-refractivity contribution in [3.63, 3.8) is 0 Å². The molecule has 0 saturated carbocycles. The predicted octanol–water partition coefficient (Wildman–Crippen LogP) is 2.13. The van der Waals surface area contributed by atoms with Gasteiger partial charge in [-0.15, -0.1) is 0 Å². The molecule has 158 valence electrons. The zero-order valence-electron chi connectivity index (χ0n) is 16.4. The Morgan fingerprint density at radius 1 is 1.17 bits per heavy atom. The van der Waals surface area contributed by atoms with Gasteiger partial charge in [0.1, 0.15) is 4.90 Å². The molecule has 0 bridgehead atoms. The van der Waals surface area contributed by atoms with Gasteiger partial charge >= 0.3 is 5.97 Å². The van der Waals surface area contributed by atoms with Crippen LogP contribution in [0.5, 0.6) is 0 Å². The number of esters is 1. The molecule has 0 radical (unpaired) electrons. The molecule has 1 heterocycles. The largest absolute Gasteiger partial charge is 0.449 e. The van der Waals surface area contributed by atoms with E-state index in [0.29, 0.717) is 19.5 Å². The van der Waals surface area contributed by atoms with Crippen molar-refractivity contribution in [3.8, 4) is 0 Å². The molecule has 2 aromatic rings. The van der Waals surface area contributed by atoms with Crippen LogP contribution in [-0.2, 0) is 32.3 Å². The number of carbonyl (C=O) groups is 2. The maximum absolute atomic E-state index is 12.7. The minimum atomic E-state index is -3.85. The lowest BCUT2D eigenvalue weighted by Crippen LogP contribution is -2.42. The Morgan fingerprint density at radius 2 is 1.83 bits per heavy atom. The minimum absolute atomic E-state index is 0.210. The van der Waals surface area contributed by atoms with Gasteiger partial charge in [0.2, 0.25) is 0 Å². The van der Waals surface area contributed by atoms with Gasteiger partial charge in [-0.1, -0.05) is 24.3 Å². The standard InChI is InChI=1S/C20H20N2O7S/c1-13(19(23)21-10-9-14-5-3-4-6-16(14)12-21)29-20(24)15-7-8-18(30(2,27)28)17(11-15)22(25)26/h3-8,11,13H,9-10,12H2,1-2H3/t13-/m0/s1. The lowest BCUT2D eigenvalue weighted by molar-refractivity contribution is -0.387. The summed E-state index contributed by atoms with van der Waals surface area (Å²) in [6.45, 7) is 2.33. The Bertz CT molecular complexity index is 1130. The molecule has 0 aromatic heterocycles. The van der Waals surface area contributed by atoms with Crippen LogP contribution in [0.3, 0.4) is 0 Å². The quantitative estimate of drug-likeness (QED) is 0.403. The molecular weight excluding hydrogens is 412 g/mol. The summed E-state index contributed by atoms with van der Waals surface area (Å²) in [4.78, 5) is 36.5. The van der Waals surface area contributed by atoms with Crippen LogP contribution in [0.4, 0.5) is 5.69 Å². The van der Waals surface area contributed by atoms with Crippen LogP contribution in [0.2, 0.25) is 0 Å². The molecule has 30 heavy (non-hydrogen) atoms. The van der Waals surface area contributed by atoms with Gasteiger partial charge in [-0.2, -0.15) is 0 Å². The zero-order valence-corrected chi connectivity index (χ0v) is 17.2. The molecule has 0 saturated heterocycles. The van der Waals surface area contributed by atoms with Gasteiger partial charge in [-0.3, -0.25) is 14.9 Å². The van der Waals surface area contributed by atoms with Crippen LogP contribution in [0, 0.1) is 10.1 Å². The molecule has 0 fully saturated rings. The second-order valence-electron chi connectivity index (χ2n) is 7.04. The van der Waals surface area contributed by atoms with Crippen LogP contribution in [0.15, 0.2) is 47.4 Å². The number of nitro benzene ring substituents is 1. The van der Waals surface area contributed by atoms with Crippen LogP contribution in [-0.4, -0.2) is 49.0 Å². The Balaban J connectivity index is 1.73. The summed E-state index contributed by atoms with van der Waals surface area (Å²) >= 11 is 0. The molecule has 0 aliphatic carbocycles. The molecule has 1 amide bonds. The average Bonchev–Trinajstić information content (AvgIpc) is 2.71. The Labute approximate surface area is 173 Å². The van der Waals surface area contributed by atoms with E-state index in [2.05, 4.69) is 0 Å². The topological polar surface area (TPSA) is 124 Å². The molecule has 0 unspecified atom stereocenters. The summed E-state index contributed by atoms with van der Waals surface area (Å²) < 4.78 is 28.6. The Morgan fingerprint density at radius 3 is 2.47 bits per heavy atom. The highest BCUT2D eigenvalue weighted by molar-refractivity contribution is 7.90. The Kier molecular flexibility index (Phi) is 5.88. The minimum Gasteiger partial charge on any atom is -0.449 e. The third-order valence-corrected chi connectivity index (χ3v) is 6.01. The van der Waals surface area contributed by atoms with E-state index >= 15 is 0 Å². The lowest BCUT2D eigenvalue weighted by Gasteiger charge is -2.30. The highest BCUT2D eigenvalue weighted by Gasteiger charge is 2.29. The Hall–Kier alpha value is -3.27. The molecule has 2 aromatic carbocycles. The second kappa shape index (κ2) is 8.23. The molecular formula is C20H20N2O7S. The number of hydrogen-bond donors (Lipinski definition) is 0. The van der Waals surface area contributed by atoms with Crippen LogP contribution >= 0.6 is 0 Å². The SMILES string of the molecule is C[C@H](OC(=O)c1ccc(S(C)(=O)=O)c([N+](=O)[O-])c1)C(=O)N1CCc2ccccc2C1. The van der Waals surface area contributed by atoms with Crippen molar-refractivity contribution in [2.24, 2.45) is 0 Å². The normalized spacial score (nSPS) is 14.5. The van der Waals surface area contributed by atoms with E-state index in [1.807, 2.05) is 24.3 Å². The number of ether oxygens (including phenoxy) is 1. The first kappa shape index (κ1) is 21.4. The van der Waals surface area contributed by atoms with Gasteiger partial charge in [-0.25, -0.2) is 13.2 Å². The molecule has 0 spiro atoms. The number of amides is 1. The lowest BCUT2D eigenvalue weighted by atomic mass is 9.99. The van der Waals surface area contributed by atoms with E-state index in [0.717, 1.165) is 30.0 Å². The van der Waals surface area contributed by atoms with E-state index < -0.39 is 37.4 Å². The highest BCUT2D eigenvalue weighted by Crippen LogP contribution is 2.26. The molecule has 10 heteroatoms. The fourth-order valence-corrected chi connectivity index (χ4v) is 4.15. The molecule has 1 aliphatic heterocycles. The number of hydrogen-bond acceptors (Lipinski definition) is 7. The van der Waals surface area contributed by atoms with Crippen molar-refractivity contribution in [2.45, 2.75) is 30.9 Å². The van der Waals surface area contributed by atoms with E-state index in [9.17, 15) is 28.1 Å². The zero-order chi connectivity index (χ0) is 22.1. The highest BCUT2D eigenvalue weighted by atomic mass is 32.2. The summed E-state index contributed by atoms with van der Waals surface area (Å²) in [6.07, 6.45) is 0.434. The number of carbonyl (C=O) groups excluding carboxylic acids is 2. The smallest absolute Gasteiger partial charge is 0.339 e. The molecule has 1 atom stereocenters. The van der Waals surface area contributed by atoms with Gasteiger partial charge in [0.05, 0.1) is 10.5 Å². The fourth-order valence-electron chi connectivity index (χ4n) is 3.32. The van der Waals surface area contributed by atoms with E-state index in [4.69, 9.17) is 4.74 Å².